The van der Waals surface area contributed by atoms with Crippen molar-refractivity contribution in [3.63, 3.8) is 0 Å². The molecule has 1 amide bonds. The Morgan fingerprint density at radius 2 is 1.88 bits per heavy atom. The van der Waals surface area contributed by atoms with Crippen molar-refractivity contribution in [3.8, 4) is 34.1 Å². The number of hydrogen-bond donors (Lipinski definition) is 2. The SMILES string of the molecule is COc1cc2c(c(OC)c1OC)-c1cccc(O)c1[C@@H](NC(C)=O)CC2. The number of methoxy groups -OCH3 is 3. The number of fused-ring (bicyclic) bond motifs is 3. The van der Waals surface area contributed by atoms with Crippen LogP contribution in [0.1, 0.15) is 30.5 Å². The highest BCUT2D eigenvalue weighted by atomic mass is 16.5. The van der Waals surface area contributed by atoms with Crippen LogP contribution >= 0.6 is 0 Å². The summed E-state index contributed by atoms with van der Waals surface area (Å²) in [6, 6.07) is 6.97. The predicted molar refractivity (Wildman–Crippen MR) is 98.1 cm³/mol. The van der Waals surface area contributed by atoms with Crippen LogP contribution in [0.2, 0.25) is 0 Å². The van der Waals surface area contributed by atoms with Crippen LogP contribution in [0.5, 0.6) is 23.0 Å². The molecule has 0 heterocycles. The van der Waals surface area contributed by atoms with Gasteiger partial charge in [-0.2, -0.15) is 0 Å². The maximum absolute atomic E-state index is 11.7. The van der Waals surface area contributed by atoms with E-state index in [0.29, 0.717) is 35.7 Å². The summed E-state index contributed by atoms with van der Waals surface area (Å²) >= 11 is 0. The van der Waals surface area contributed by atoms with Crippen molar-refractivity contribution in [1.29, 1.82) is 0 Å². The Labute approximate surface area is 152 Å². The zero-order chi connectivity index (χ0) is 18.8. The zero-order valence-corrected chi connectivity index (χ0v) is 15.4. The van der Waals surface area contributed by atoms with Crippen LogP contribution in [0.15, 0.2) is 24.3 Å². The van der Waals surface area contributed by atoms with Crippen LogP contribution in [0, 0.1) is 0 Å². The minimum Gasteiger partial charge on any atom is -0.508 e. The molecule has 2 aromatic carbocycles. The van der Waals surface area contributed by atoms with Crippen LogP contribution in [-0.4, -0.2) is 32.3 Å². The second-order valence-electron chi connectivity index (χ2n) is 6.21. The monoisotopic (exact) mass is 357 g/mol. The fourth-order valence-electron chi connectivity index (χ4n) is 3.67. The molecule has 0 saturated heterocycles. The summed E-state index contributed by atoms with van der Waals surface area (Å²) in [5.74, 6) is 1.64. The molecule has 26 heavy (non-hydrogen) atoms. The molecule has 6 nitrogen and oxygen atoms in total. The first-order valence-electron chi connectivity index (χ1n) is 8.43. The highest BCUT2D eigenvalue weighted by Crippen LogP contribution is 2.51. The van der Waals surface area contributed by atoms with E-state index in [9.17, 15) is 9.90 Å². The number of carbonyl (C=O) groups is 1. The molecule has 2 N–H and O–H groups in total. The maximum atomic E-state index is 11.7. The highest BCUT2D eigenvalue weighted by Gasteiger charge is 2.30. The lowest BCUT2D eigenvalue weighted by molar-refractivity contribution is -0.119. The molecule has 138 valence electrons. The van der Waals surface area contributed by atoms with Gasteiger partial charge in [-0.3, -0.25) is 4.79 Å². The smallest absolute Gasteiger partial charge is 0.217 e. The van der Waals surface area contributed by atoms with E-state index in [1.165, 1.54) is 6.92 Å². The molecule has 0 bridgehead atoms. The van der Waals surface area contributed by atoms with E-state index >= 15 is 0 Å². The summed E-state index contributed by atoms with van der Waals surface area (Å²) < 4.78 is 16.7. The second-order valence-corrected chi connectivity index (χ2v) is 6.21. The topological polar surface area (TPSA) is 77.0 Å². The first-order chi connectivity index (χ1) is 12.5. The van der Waals surface area contributed by atoms with Crippen molar-refractivity contribution in [1.82, 2.24) is 5.32 Å². The van der Waals surface area contributed by atoms with Crippen LogP contribution in [0.4, 0.5) is 0 Å². The number of ether oxygens (including phenoxy) is 3. The lowest BCUT2D eigenvalue weighted by Crippen LogP contribution is -2.26. The standard InChI is InChI=1S/C20H23NO5/c1-11(22)21-14-9-8-12-10-16(24-2)19(25-3)20(26-4)17(12)13-6-5-7-15(23)18(13)14/h5-7,10,14,23H,8-9H2,1-4H3,(H,21,22)/t14-/m0/s1. The molecular weight excluding hydrogens is 334 g/mol. The van der Waals surface area contributed by atoms with Crippen molar-refractivity contribution in [2.75, 3.05) is 21.3 Å². The third-order valence-corrected chi connectivity index (χ3v) is 4.69. The van der Waals surface area contributed by atoms with Crippen LogP contribution in [0.25, 0.3) is 11.1 Å². The Morgan fingerprint density at radius 3 is 2.50 bits per heavy atom. The Kier molecular flexibility index (Phi) is 4.93. The molecule has 2 aromatic rings. The molecular formula is C20H23NO5. The molecule has 0 aliphatic heterocycles. The summed E-state index contributed by atoms with van der Waals surface area (Å²) in [5.41, 5.74) is 3.36. The molecule has 0 unspecified atom stereocenters. The zero-order valence-electron chi connectivity index (χ0n) is 15.4. The van der Waals surface area contributed by atoms with Crippen molar-refractivity contribution in [2.24, 2.45) is 0 Å². The minimum absolute atomic E-state index is 0.141. The van der Waals surface area contributed by atoms with E-state index in [-0.39, 0.29) is 17.7 Å². The predicted octanol–water partition coefficient (Wildman–Crippen LogP) is 3.21. The van der Waals surface area contributed by atoms with E-state index in [0.717, 1.165) is 16.7 Å². The number of carbonyl (C=O) groups excluding carboxylic acids is 1. The van der Waals surface area contributed by atoms with Crippen molar-refractivity contribution in [2.45, 2.75) is 25.8 Å². The molecule has 1 aliphatic rings. The number of nitrogens with one attached hydrogen (secondary N) is 1. The summed E-state index contributed by atoms with van der Waals surface area (Å²) in [6.45, 7) is 1.48. The van der Waals surface area contributed by atoms with Gasteiger partial charge in [0.2, 0.25) is 11.7 Å². The number of benzene rings is 2. The van der Waals surface area contributed by atoms with Crippen molar-refractivity contribution in [3.05, 3.63) is 35.4 Å². The number of phenolic OH excluding ortho intramolecular Hbond substituents is 1. The molecule has 1 aliphatic carbocycles. The molecule has 0 aromatic heterocycles. The van der Waals surface area contributed by atoms with Gasteiger partial charge in [-0.25, -0.2) is 0 Å². The van der Waals surface area contributed by atoms with E-state index in [4.69, 9.17) is 14.2 Å². The van der Waals surface area contributed by atoms with Crippen LogP contribution in [0.3, 0.4) is 0 Å². The van der Waals surface area contributed by atoms with Gasteiger partial charge in [0.1, 0.15) is 5.75 Å². The fraction of sp³-hybridized carbons (Fsp3) is 0.350. The maximum Gasteiger partial charge on any atom is 0.217 e. The fourth-order valence-corrected chi connectivity index (χ4v) is 3.67. The molecule has 3 rings (SSSR count). The highest BCUT2D eigenvalue weighted by molar-refractivity contribution is 5.84. The minimum atomic E-state index is -0.294. The third-order valence-electron chi connectivity index (χ3n) is 4.69. The summed E-state index contributed by atoms with van der Waals surface area (Å²) in [7, 11) is 4.73. The normalized spacial score (nSPS) is 15.3. The second kappa shape index (κ2) is 7.15. The summed E-state index contributed by atoms with van der Waals surface area (Å²) in [6.07, 6.45) is 1.33. The molecule has 0 radical (unpaired) electrons. The Morgan fingerprint density at radius 1 is 1.15 bits per heavy atom. The number of hydrogen-bond acceptors (Lipinski definition) is 5. The van der Waals surface area contributed by atoms with E-state index < -0.39 is 0 Å². The quantitative estimate of drug-likeness (QED) is 0.879. The van der Waals surface area contributed by atoms with E-state index in [1.54, 1.807) is 33.5 Å². The third kappa shape index (κ3) is 2.92. The lowest BCUT2D eigenvalue weighted by atomic mass is 9.93. The van der Waals surface area contributed by atoms with Gasteiger partial charge >= 0.3 is 0 Å². The van der Waals surface area contributed by atoms with Gasteiger partial charge in [0, 0.05) is 18.1 Å². The van der Waals surface area contributed by atoms with Gasteiger partial charge in [0.05, 0.1) is 27.4 Å². The van der Waals surface area contributed by atoms with E-state index in [2.05, 4.69) is 5.32 Å². The Bertz CT molecular complexity index is 847. The van der Waals surface area contributed by atoms with Gasteiger partial charge in [-0.1, -0.05) is 12.1 Å². The number of amides is 1. The summed E-state index contributed by atoms with van der Waals surface area (Å²) in [5, 5.41) is 13.5. The van der Waals surface area contributed by atoms with Crippen molar-refractivity contribution < 1.29 is 24.1 Å². The molecule has 6 heteroatoms. The first kappa shape index (κ1) is 17.9. The number of rotatable bonds is 4. The first-order valence-corrected chi connectivity index (χ1v) is 8.43. The number of aromatic hydroxyl groups is 1. The molecule has 0 saturated carbocycles. The van der Waals surface area contributed by atoms with Gasteiger partial charge < -0.3 is 24.6 Å². The van der Waals surface area contributed by atoms with Crippen LogP contribution < -0.4 is 19.5 Å². The summed E-state index contributed by atoms with van der Waals surface area (Å²) in [4.78, 5) is 11.7. The van der Waals surface area contributed by atoms with Crippen LogP contribution in [-0.2, 0) is 11.2 Å². The molecule has 1 atom stereocenters. The number of phenols is 1. The average molecular weight is 357 g/mol. The Balaban J connectivity index is 2.33. The van der Waals surface area contributed by atoms with Gasteiger partial charge in [-0.15, -0.1) is 0 Å². The van der Waals surface area contributed by atoms with Gasteiger partial charge in [0.25, 0.3) is 0 Å². The average Bonchev–Trinajstić information content (AvgIpc) is 2.77. The lowest BCUT2D eigenvalue weighted by Gasteiger charge is -2.21. The van der Waals surface area contributed by atoms with Gasteiger partial charge in [-0.05, 0) is 36.1 Å². The Hall–Kier alpha value is -2.89. The molecule has 0 spiro atoms. The number of aryl methyl sites for hydroxylation is 1. The van der Waals surface area contributed by atoms with Gasteiger partial charge in [0.15, 0.2) is 11.5 Å². The van der Waals surface area contributed by atoms with E-state index in [1.807, 2.05) is 12.1 Å². The largest absolute Gasteiger partial charge is 0.508 e. The van der Waals surface area contributed by atoms with Crippen molar-refractivity contribution >= 4 is 5.91 Å². The molecule has 0 fully saturated rings.